The van der Waals surface area contributed by atoms with Crippen LogP contribution >= 0.6 is 0 Å². The summed E-state index contributed by atoms with van der Waals surface area (Å²) in [6.07, 6.45) is 0. The molecule has 1 aromatic heterocycles. The molecule has 1 aliphatic heterocycles. The van der Waals surface area contributed by atoms with Crippen LogP contribution in [-0.4, -0.2) is 18.3 Å². The van der Waals surface area contributed by atoms with Crippen LogP contribution in [0.1, 0.15) is 27.7 Å². The summed E-state index contributed by atoms with van der Waals surface area (Å²) >= 11 is 0. The topological polar surface area (TPSA) is 31.6 Å². The Labute approximate surface area is 200 Å². The van der Waals surface area contributed by atoms with E-state index in [0.29, 0.717) is 0 Å². The first-order valence-corrected chi connectivity index (χ1v) is 11.8. The number of hydrogen-bond acceptors (Lipinski definition) is 3. The van der Waals surface area contributed by atoms with Gasteiger partial charge in [0.2, 0.25) is 0 Å². The number of rotatable bonds is 3. The highest BCUT2D eigenvalue weighted by Gasteiger charge is 2.51. The zero-order valence-electron chi connectivity index (χ0n) is 20.0. The third-order valence-corrected chi connectivity index (χ3v) is 7.37. The molecule has 6 rings (SSSR count). The Morgan fingerprint density at radius 3 is 1.88 bits per heavy atom. The van der Waals surface area contributed by atoms with E-state index in [1.54, 1.807) is 0 Å². The molecule has 4 heteroatoms. The Morgan fingerprint density at radius 2 is 1.15 bits per heavy atom. The Hall–Kier alpha value is -3.34. The van der Waals surface area contributed by atoms with Crippen molar-refractivity contribution in [1.82, 2.24) is 0 Å². The first kappa shape index (κ1) is 21.2. The molecule has 34 heavy (non-hydrogen) atoms. The monoisotopic (exact) mass is 446 g/mol. The SMILES string of the molecule is CC1(C)OB(c2ccc(-c3ccccc3-c3cccc4oc5ccccc5c34)cc2)OC1(C)C. The Bertz CT molecular complexity index is 1500. The van der Waals surface area contributed by atoms with Gasteiger partial charge in [-0.15, -0.1) is 0 Å². The second-order valence-electron chi connectivity index (χ2n) is 10.0. The van der Waals surface area contributed by atoms with Gasteiger partial charge in [0.15, 0.2) is 0 Å². The fourth-order valence-corrected chi connectivity index (χ4v) is 4.77. The van der Waals surface area contributed by atoms with Crippen LogP contribution in [0.5, 0.6) is 0 Å². The summed E-state index contributed by atoms with van der Waals surface area (Å²) in [4.78, 5) is 0. The van der Waals surface area contributed by atoms with Crippen LogP contribution in [0.15, 0.2) is 95.4 Å². The van der Waals surface area contributed by atoms with Gasteiger partial charge in [0, 0.05) is 10.8 Å². The van der Waals surface area contributed by atoms with Gasteiger partial charge in [-0.05, 0) is 67.5 Å². The molecule has 0 radical (unpaired) electrons. The lowest BCUT2D eigenvalue weighted by atomic mass is 9.78. The van der Waals surface area contributed by atoms with Gasteiger partial charge >= 0.3 is 7.12 Å². The molecular formula is C30H27BO3. The van der Waals surface area contributed by atoms with E-state index in [9.17, 15) is 0 Å². The van der Waals surface area contributed by atoms with Crippen LogP contribution < -0.4 is 5.46 Å². The zero-order valence-corrected chi connectivity index (χ0v) is 20.0. The molecule has 0 bridgehead atoms. The van der Waals surface area contributed by atoms with Crippen molar-refractivity contribution in [1.29, 1.82) is 0 Å². The predicted octanol–water partition coefficient (Wildman–Crippen LogP) is 7.22. The fourth-order valence-electron chi connectivity index (χ4n) is 4.77. The van der Waals surface area contributed by atoms with E-state index in [0.717, 1.165) is 33.0 Å². The number of benzene rings is 4. The summed E-state index contributed by atoms with van der Waals surface area (Å²) in [7, 11) is -0.361. The zero-order chi connectivity index (χ0) is 23.5. The second kappa shape index (κ2) is 7.59. The Morgan fingerprint density at radius 1 is 0.559 bits per heavy atom. The van der Waals surface area contributed by atoms with Crippen LogP contribution in [-0.2, 0) is 9.31 Å². The molecule has 0 amide bonds. The Balaban J connectivity index is 1.43. The molecule has 0 aliphatic carbocycles. The summed E-state index contributed by atoms with van der Waals surface area (Å²) in [5, 5.41) is 2.29. The van der Waals surface area contributed by atoms with Crippen molar-refractivity contribution in [3.05, 3.63) is 91.0 Å². The number of furan rings is 1. The molecule has 5 aromatic rings. The van der Waals surface area contributed by atoms with Gasteiger partial charge in [-0.3, -0.25) is 0 Å². The van der Waals surface area contributed by atoms with Gasteiger partial charge in [0.1, 0.15) is 11.2 Å². The molecule has 168 valence electrons. The van der Waals surface area contributed by atoms with E-state index < -0.39 is 0 Å². The lowest BCUT2D eigenvalue weighted by Gasteiger charge is -2.32. The van der Waals surface area contributed by atoms with Crippen molar-refractivity contribution in [3.8, 4) is 22.3 Å². The van der Waals surface area contributed by atoms with Crippen molar-refractivity contribution in [2.75, 3.05) is 0 Å². The quantitative estimate of drug-likeness (QED) is 0.274. The van der Waals surface area contributed by atoms with Gasteiger partial charge in [-0.1, -0.05) is 78.9 Å². The minimum absolute atomic E-state index is 0.352. The van der Waals surface area contributed by atoms with Crippen LogP contribution in [0.25, 0.3) is 44.2 Å². The first-order chi connectivity index (χ1) is 16.3. The summed E-state index contributed by atoms with van der Waals surface area (Å²) in [6, 6.07) is 31.6. The average molecular weight is 446 g/mol. The summed E-state index contributed by atoms with van der Waals surface area (Å²) in [6.45, 7) is 8.32. The lowest BCUT2D eigenvalue weighted by Crippen LogP contribution is -2.41. The van der Waals surface area contributed by atoms with Crippen molar-refractivity contribution >= 4 is 34.5 Å². The molecular weight excluding hydrogens is 419 g/mol. The summed E-state index contributed by atoms with van der Waals surface area (Å²) in [5.74, 6) is 0. The maximum absolute atomic E-state index is 6.24. The van der Waals surface area contributed by atoms with E-state index in [4.69, 9.17) is 13.7 Å². The molecule has 0 unspecified atom stereocenters. The molecule has 0 atom stereocenters. The molecule has 4 aromatic carbocycles. The Kier molecular flexibility index (Phi) is 4.74. The molecule has 1 fully saturated rings. The average Bonchev–Trinajstić information content (AvgIpc) is 3.32. The van der Waals surface area contributed by atoms with E-state index in [1.165, 1.54) is 16.7 Å². The minimum Gasteiger partial charge on any atom is -0.456 e. The highest BCUT2D eigenvalue weighted by molar-refractivity contribution is 6.62. The first-order valence-electron chi connectivity index (χ1n) is 11.8. The number of para-hydroxylation sites is 1. The normalized spacial score (nSPS) is 17.0. The molecule has 0 saturated carbocycles. The van der Waals surface area contributed by atoms with Gasteiger partial charge in [-0.25, -0.2) is 0 Å². The summed E-state index contributed by atoms with van der Waals surface area (Å²) in [5.41, 5.74) is 6.84. The summed E-state index contributed by atoms with van der Waals surface area (Å²) < 4.78 is 18.6. The van der Waals surface area contributed by atoms with Gasteiger partial charge < -0.3 is 13.7 Å². The van der Waals surface area contributed by atoms with E-state index in [2.05, 4.69) is 100 Å². The largest absolute Gasteiger partial charge is 0.494 e. The maximum Gasteiger partial charge on any atom is 0.494 e. The lowest BCUT2D eigenvalue weighted by molar-refractivity contribution is 0.00578. The number of fused-ring (bicyclic) bond motifs is 3. The van der Waals surface area contributed by atoms with Crippen molar-refractivity contribution in [2.45, 2.75) is 38.9 Å². The van der Waals surface area contributed by atoms with Crippen LogP contribution in [0.2, 0.25) is 0 Å². The van der Waals surface area contributed by atoms with E-state index in [-0.39, 0.29) is 18.3 Å². The van der Waals surface area contributed by atoms with E-state index in [1.807, 2.05) is 18.2 Å². The van der Waals surface area contributed by atoms with Gasteiger partial charge in [0.25, 0.3) is 0 Å². The van der Waals surface area contributed by atoms with Crippen molar-refractivity contribution in [3.63, 3.8) is 0 Å². The standard InChI is InChI=1S/C30H27BO3/c1-29(2)30(3,4)34-31(33-29)21-18-16-20(17-19-21)22-10-5-6-11-23(22)24-13-9-15-27-28(24)25-12-7-8-14-26(25)32-27/h5-19H,1-4H3. The van der Waals surface area contributed by atoms with Crippen LogP contribution in [0.3, 0.4) is 0 Å². The fraction of sp³-hybridized carbons (Fsp3) is 0.200. The molecule has 0 N–H and O–H groups in total. The van der Waals surface area contributed by atoms with Crippen molar-refractivity contribution < 1.29 is 13.7 Å². The third kappa shape index (κ3) is 3.29. The molecule has 1 aliphatic rings. The smallest absolute Gasteiger partial charge is 0.456 e. The molecule has 2 heterocycles. The van der Waals surface area contributed by atoms with Crippen LogP contribution in [0, 0.1) is 0 Å². The molecule has 3 nitrogen and oxygen atoms in total. The second-order valence-corrected chi connectivity index (χ2v) is 10.0. The molecule has 0 spiro atoms. The maximum atomic E-state index is 6.24. The predicted molar refractivity (Wildman–Crippen MR) is 140 cm³/mol. The highest BCUT2D eigenvalue weighted by Crippen LogP contribution is 2.40. The highest BCUT2D eigenvalue weighted by atomic mass is 16.7. The van der Waals surface area contributed by atoms with Crippen molar-refractivity contribution in [2.24, 2.45) is 0 Å². The van der Waals surface area contributed by atoms with E-state index >= 15 is 0 Å². The minimum atomic E-state index is -0.361. The molecule has 1 saturated heterocycles. The van der Waals surface area contributed by atoms with Crippen LogP contribution in [0.4, 0.5) is 0 Å². The van der Waals surface area contributed by atoms with Gasteiger partial charge in [0.05, 0.1) is 11.2 Å². The van der Waals surface area contributed by atoms with Gasteiger partial charge in [-0.2, -0.15) is 0 Å². The number of hydrogen-bond donors (Lipinski definition) is 0. The third-order valence-electron chi connectivity index (χ3n) is 7.37.